The van der Waals surface area contributed by atoms with Crippen LogP contribution in [-0.2, 0) is 4.79 Å². The highest BCUT2D eigenvalue weighted by Crippen LogP contribution is 2.32. The van der Waals surface area contributed by atoms with Gasteiger partial charge in [-0.05, 0) is 42.2 Å². The van der Waals surface area contributed by atoms with Gasteiger partial charge in [-0.3, -0.25) is 4.79 Å². The fraction of sp³-hybridized carbons (Fsp3) is 0.278. The molecule has 2 aromatic carbocycles. The molecule has 0 fully saturated rings. The molecule has 0 bridgehead atoms. The molecule has 6 heteroatoms. The first-order valence-electron chi connectivity index (χ1n) is 7.57. The molecule has 24 heavy (non-hydrogen) atoms. The van der Waals surface area contributed by atoms with E-state index in [9.17, 15) is 4.79 Å². The van der Waals surface area contributed by atoms with Crippen LogP contribution in [0.2, 0.25) is 15.1 Å². The van der Waals surface area contributed by atoms with Crippen LogP contribution in [0.3, 0.4) is 0 Å². The summed E-state index contributed by atoms with van der Waals surface area (Å²) in [6.45, 7) is 4.19. The van der Waals surface area contributed by atoms with Crippen molar-refractivity contribution in [2.45, 2.75) is 26.2 Å². The second kappa shape index (κ2) is 8.61. The maximum Gasteiger partial charge on any atom is 0.262 e. The second-order valence-electron chi connectivity index (χ2n) is 5.46. The quantitative estimate of drug-likeness (QED) is 0.602. The van der Waals surface area contributed by atoms with Crippen molar-refractivity contribution in [1.29, 1.82) is 0 Å². The van der Waals surface area contributed by atoms with Crippen LogP contribution in [0.25, 0.3) is 0 Å². The number of rotatable bonds is 6. The van der Waals surface area contributed by atoms with Crippen LogP contribution >= 0.6 is 34.8 Å². The summed E-state index contributed by atoms with van der Waals surface area (Å²) in [4.78, 5) is 12.0. The zero-order chi connectivity index (χ0) is 17.7. The number of carbonyl (C=O) groups is 1. The summed E-state index contributed by atoms with van der Waals surface area (Å²) in [7, 11) is 0. The van der Waals surface area contributed by atoms with Crippen molar-refractivity contribution < 1.29 is 9.53 Å². The number of benzene rings is 2. The fourth-order valence-electron chi connectivity index (χ4n) is 2.08. The minimum atomic E-state index is -0.332. The van der Waals surface area contributed by atoms with Gasteiger partial charge in [0.2, 0.25) is 0 Å². The summed E-state index contributed by atoms with van der Waals surface area (Å²) in [5.74, 6) is 0.804. The van der Waals surface area contributed by atoms with Gasteiger partial charge in [0.05, 0.1) is 20.8 Å². The molecule has 0 aliphatic heterocycles. The van der Waals surface area contributed by atoms with Crippen molar-refractivity contribution in [3.63, 3.8) is 0 Å². The van der Waals surface area contributed by atoms with E-state index in [1.165, 1.54) is 17.7 Å². The topological polar surface area (TPSA) is 38.3 Å². The van der Waals surface area contributed by atoms with Gasteiger partial charge in [-0.1, -0.05) is 60.8 Å². The molecule has 2 aromatic rings. The van der Waals surface area contributed by atoms with Crippen molar-refractivity contribution in [3.8, 4) is 5.75 Å². The molecule has 0 saturated heterocycles. The largest absolute Gasteiger partial charge is 0.484 e. The summed E-state index contributed by atoms with van der Waals surface area (Å²) in [6, 6.07) is 10.7. The van der Waals surface area contributed by atoms with Crippen molar-refractivity contribution in [2.75, 3.05) is 11.9 Å². The van der Waals surface area contributed by atoms with Crippen LogP contribution in [0, 0.1) is 0 Å². The summed E-state index contributed by atoms with van der Waals surface area (Å²) < 4.78 is 5.49. The zero-order valence-corrected chi connectivity index (χ0v) is 15.7. The number of amides is 1. The summed E-state index contributed by atoms with van der Waals surface area (Å²) >= 11 is 17.8. The molecule has 0 aliphatic rings. The molecule has 0 saturated carbocycles. The van der Waals surface area contributed by atoms with Crippen LogP contribution in [0.4, 0.5) is 5.69 Å². The Hall–Kier alpha value is -1.42. The second-order valence-corrected chi connectivity index (χ2v) is 6.68. The number of hydrogen-bond donors (Lipinski definition) is 1. The third kappa shape index (κ3) is 5.04. The number of anilines is 1. The molecule has 1 amide bonds. The average molecular weight is 387 g/mol. The molecule has 0 aliphatic carbocycles. The molecule has 2 rings (SSSR count). The Morgan fingerprint density at radius 2 is 1.71 bits per heavy atom. The van der Waals surface area contributed by atoms with Gasteiger partial charge in [-0.15, -0.1) is 0 Å². The van der Waals surface area contributed by atoms with Gasteiger partial charge in [-0.2, -0.15) is 0 Å². The molecule has 0 heterocycles. The normalized spacial score (nSPS) is 11.9. The summed E-state index contributed by atoms with van der Waals surface area (Å²) in [5, 5.41) is 3.61. The first kappa shape index (κ1) is 18.9. The predicted molar refractivity (Wildman–Crippen MR) is 101 cm³/mol. The number of hydrogen-bond acceptors (Lipinski definition) is 2. The number of halogens is 3. The van der Waals surface area contributed by atoms with Crippen LogP contribution in [0.1, 0.15) is 31.7 Å². The van der Waals surface area contributed by atoms with E-state index in [4.69, 9.17) is 39.5 Å². The minimum absolute atomic E-state index is 0.126. The Morgan fingerprint density at radius 1 is 1.08 bits per heavy atom. The highest BCUT2D eigenvalue weighted by Gasteiger charge is 2.10. The smallest absolute Gasteiger partial charge is 0.262 e. The van der Waals surface area contributed by atoms with Crippen molar-refractivity contribution in [3.05, 3.63) is 57.0 Å². The third-order valence-corrected chi connectivity index (χ3v) is 4.75. The molecule has 0 aromatic heterocycles. The van der Waals surface area contributed by atoms with Crippen LogP contribution in [0.5, 0.6) is 5.75 Å². The van der Waals surface area contributed by atoms with Crippen LogP contribution in [0.15, 0.2) is 36.4 Å². The Morgan fingerprint density at radius 3 is 2.33 bits per heavy atom. The first-order valence-corrected chi connectivity index (χ1v) is 8.71. The Kier molecular flexibility index (Phi) is 6.79. The van der Waals surface area contributed by atoms with E-state index in [1.54, 1.807) is 0 Å². The Balaban J connectivity index is 1.93. The fourth-order valence-corrected chi connectivity index (χ4v) is 2.68. The van der Waals surface area contributed by atoms with Gasteiger partial charge in [0.25, 0.3) is 5.91 Å². The molecule has 128 valence electrons. The SMILES string of the molecule is CC[C@@H](C)c1ccc(OCC(=O)Nc2cc(Cl)c(Cl)cc2Cl)cc1. The minimum Gasteiger partial charge on any atom is -0.484 e. The molecule has 0 radical (unpaired) electrons. The van der Waals surface area contributed by atoms with Gasteiger partial charge in [0, 0.05) is 0 Å². The van der Waals surface area contributed by atoms with E-state index >= 15 is 0 Å². The van der Waals surface area contributed by atoms with Gasteiger partial charge in [-0.25, -0.2) is 0 Å². The zero-order valence-electron chi connectivity index (χ0n) is 13.4. The van der Waals surface area contributed by atoms with Crippen LogP contribution in [-0.4, -0.2) is 12.5 Å². The lowest BCUT2D eigenvalue weighted by molar-refractivity contribution is -0.118. The molecule has 0 spiro atoms. The van der Waals surface area contributed by atoms with E-state index in [0.717, 1.165) is 6.42 Å². The van der Waals surface area contributed by atoms with Gasteiger partial charge in [0.1, 0.15) is 5.75 Å². The highest BCUT2D eigenvalue weighted by atomic mass is 35.5. The average Bonchev–Trinajstić information content (AvgIpc) is 2.57. The summed E-state index contributed by atoms with van der Waals surface area (Å²) in [6.07, 6.45) is 1.08. The van der Waals surface area contributed by atoms with Gasteiger partial charge in [0.15, 0.2) is 6.61 Å². The molecule has 1 atom stereocenters. The molecule has 1 N–H and O–H groups in total. The lowest BCUT2D eigenvalue weighted by atomic mass is 9.99. The molecule has 3 nitrogen and oxygen atoms in total. The van der Waals surface area contributed by atoms with Crippen LogP contribution < -0.4 is 10.1 Å². The van der Waals surface area contributed by atoms with E-state index < -0.39 is 0 Å². The summed E-state index contributed by atoms with van der Waals surface area (Å²) in [5.41, 5.74) is 1.64. The highest BCUT2D eigenvalue weighted by molar-refractivity contribution is 6.44. The van der Waals surface area contributed by atoms with Crippen molar-refractivity contribution >= 4 is 46.4 Å². The standard InChI is InChI=1S/C18H18Cl3NO2/c1-3-11(2)12-4-6-13(7-5-12)24-10-18(23)22-17-9-15(20)14(19)8-16(17)21/h4-9,11H,3,10H2,1-2H3,(H,22,23)/t11-/m1/s1. The van der Waals surface area contributed by atoms with E-state index in [-0.39, 0.29) is 12.5 Å². The maximum absolute atomic E-state index is 12.0. The van der Waals surface area contributed by atoms with Gasteiger partial charge < -0.3 is 10.1 Å². The maximum atomic E-state index is 12.0. The number of ether oxygens (including phenoxy) is 1. The number of nitrogens with one attached hydrogen (secondary N) is 1. The predicted octanol–water partition coefficient (Wildman–Crippen LogP) is 6.18. The van der Waals surface area contributed by atoms with Crippen molar-refractivity contribution in [1.82, 2.24) is 0 Å². The Bertz CT molecular complexity index is 717. The lowest BCUT2D eigenvalue weighted by Crippen LogP contribution is -2.20. The monoisotopic (exact) mass is 385 g/mol. The lowest BCUT2D eigenvalue weighted by Gasteiger charge is -2.12. The van der Waals surface area contributed by atoms with E-state index in [1.807, 2.05) is 24.3 Å². The Labute approximate surface area is 156 Å². The first-order chi connectivity index (χ1) is 11.4. The third-order valence-electron chi connectivity index (χ3n) is 3.72. The van der Waals surface area contributed by atoms with Gasteiger partial charge >= 0.3 is 0 Å². The van der Waals surface area contributed by atoms with E-state index in [2.05, 4.69) is 19.2 Å². The molecular formula is C18H18Cl3NO2. The van der Waals surface area contributed by atoms with Crippen molar-refractivity contribution in [2.24, 2.45) is 0 Å². The number of carbonyl (C=O) groups excluding carboxylic acids is 1. The molecule has 0 unspecified atom stereocenters. The van der Waals surface area contributed by atoms with E-state index in [0.29, 0.717) is 32.4 Å². The molecular weight excluding hydrogens is 369 g/mol.